The van der Waals surface area contributed by atoms with E-state index in [4.69, 9.17) is 12.3 Å². The van der Waals surface area contributed by atoms with Crippen molar-refractivity contribution in [1.29, 1.82) is 0 Å². The number of hydrogen-bond acceptors (Lipinski definition) is 2. The topological polar surface area (TPSA) is 38.0 Å². The highest BCUT2D eigenvalue weighted by Crippen LogP contribution is 2.16. The normalized spacial score (nSPS) is 12.1. The molecule has 1 rings (SSSR count). The average Bonchev–Trinajstić information content (AvgIpc) is 2.26. The van der Waals surface area contributed by atoms with E-state index >= 15 is 0 Å². The van der Waals surface area contributed by atoms with E-state index in [1.807, 2.05) is 0 Å². The molecule has 0 aromatic heterocycles. The molecule has 0 fully saturated rings. The van der Waals surface area contributed by atoms with Crippen LogP contribution >= 0.6 is 0 Å². The third-order valence-electron chi connectivity index (χ3n) is 2.31. The van der Waals surface area contributed by atoms with Gasteiger partial charge in [-0.25, -0.2) is 0 Å². The van der Waals surface area contributed by atoms with E-state index in [2.05, 4.69) is 42.5 Å². The number of rotatable bonds is 4. The maximum atomic E-state index is 5.42. The Hall–Kier alpha value is -1.30. The van der Waals surface area contributed by atoms with Gasteiger partial charge in [-0.2, -0.15) is 0 Å². The molecule has 0 aliphatic carbocycles. The lowest BCUT2D eigenvalue weighted by atomic mass is 10.0. The SMILES string of the molecule is C#CCC(NN)c1ccc(CC)cc1. The van der Waals surface area contributed by atoms with Gasteiger partial charge in [-0.1, -0.05) is 31.2 Å². The van der Waals surface area contributed by atoms with Crippen molar-refractivity contribution >= 4 is 0 Å². The van der Waals surface area contributed by atoms with Crippen molar-refractivity contribution in [3.05, 3.63) is 35.4 Å². The Kier molecular flexibility index (Phi) is 4.18. The molecule has 1 aromatic rings. The molecule has 0 radical (unpaired) electrons. The Morgan fingerprint density at radius 2 is 2.07 bits per heavy atom. The van der Waals surface area contributed by atoms with Crippen molar-refractivity contribution in [3.8, 4) is 12.3 Å². The first-order chi connectivity index (χ1) is 6.81. The van der Waals surface area contributed by atoms with Crippen molar-refractivity contribution in [2.45, 2.75) is 25.8 Å². The second-order valence-electron chi connectivity index (χ2n) is 3.22. The summed E-state index contributed by atoms with van der Waals surface area (Å²) in [6.45, 7) is 2.13. The molecule has 0 heterocycles. The third kappa shape index (κ3) is 2.59. The van der Waals surface area contributed by atoms with Crippen LogP contribution in [0.15, 0.2) is 24.3 Å². The average molecular weight is 188 g/mol. The minimum atomic E-state index is 0.0610. The van der Waals surface area contributed by atoms with Gasteiger partial charge < -0.3 is 0 Å². The van der Waals surface area contributed by atoms with Crippen LogP contribution in [0, 0.1) is 12.3 Å². The molecule has 1 aromatic carbocycles. The zero-order valence-corrected chi connectivity index (χ0v) is 8.46. The van der Waals surface area contributed by atoms with Gasteiger partial charge in [0.1, 0.15) is 0 Å². The molecule has 0 saturated heterocycles. The number of terminal acetylenes is 1. The number of hydrazine groups is 1. The van der Waals surface area contributed by atoms with Gasteiger partial charge in [0.15, 0.2) is 0 Å². The Morgan fingerprint density at radius 3 is 2.50 bits per heavy atom. The summed E-state index contributed by atoms with van der Waals surface area (Å²) < 4.78 is 0. The third-order valence-corrected chi connectivity index (χ3v) is 2.31. The number of nitrogens with two attached hydrogens (primary N) is 1. The fourth-order valence-electron chi connectivity index (χ4n) is 1.38. The van der Waals surface area contributed by atoms with E-state index in [0.29, 0.717) is 6.42 Å². The number of hydrogen-bond donors (Lipinski definition) is 2. The summed E-state index contributed by atoms with van der Waals surface area (Å²) in [6.07, 6.45) is 6.92. The van der Waals surface area contributed by atoms with E-state index < -0.39 is 0 Å². The van der Waals surface area contributed by atoms with Crippen LogP contribution in [0.2, 0.25) is 0 Å². The number of benzene rings is 1. The first kappa shape index (κ1) is 10.8. The quantitative estimate of drug-likeness (QED) is 0.429. The van der Waals surface area contributed by atoms with Gasteiger partial charge in [0.2, 0.25) is 0 Å². The van der Waals surface area contributed by atoms with E-state index in [1.165, 1.54) is 5.56 Å². The predicted octanol–water partition coefficient (Wildman–Crippen LogP) is 1.78. The van der Waals surface area contributed by atoms with Gasteiger partial charge in [0.05, 0.1) is 6.04 Å². The maximum absolute atomic E-state index is 5.42. The largest absolute Gasteiger partial charge is 0.271 e. The Labute approximate surface area is 85.5 Å². The summed E-state index contributed by atoms with van der Waals surface area (Å²) in [7, 11) is 0. The fourth-order valence-corrected chi connectivity index (χ4v) is 1.38. The predicted molar refractivity (Wildman–Crippen MR) is 59.3 cm³/mol. The molecule has 0 bridgehead atoms. The Balaban J connectivity index is 2.79. The van der Waals surface area contributed by atoms with Crippen LogP contribution in [0.4, 0.5) is 0 Å². The fraction of sp³-hybridized carbons (Fsp3) is 0.333. The second-order valence-corrected chi connectivity index (χ2v) is 3.22. The Morgan fingerprint density at radius 1 is 1.43 bits per heavy atom. The molecule has 0 aliphatic heterocycles. The van der Waals surface area contributed by atoms with Crippen molar-refractivity contribution in [3.63, 3.8) is 0 Å². The summed E-state index contributed by atoms with van der Waals surface area (Å²) >= 11 is 0. The molecule has 2 nitrogen and oxygen atoms in total. The van der Waals surface area contributed by atoms with Crippen molar-refractivity contribution in [1.82, 2.24) is 5.43 Å². The number of nitrogens with one attached hydrogen (secondary N) is 1. The van der Waals surface area contributed by atoms with Crippen LogP contribution in [0.3, 0.4) is 0 Å². The van der Waals surface area contributed by atoms with E-state index in [0.717, 1.165) is 12.0 Å². The molecule has 0 saturated carbocycles. The first-order valence-electron chi connectivity index (χ1n) is 4.80. The molecule has 2 heteroatoms. The maximum Gasteiger partial charge on any atom is 0.0569 e. The van der Waals surface area contributed by atoms with Crippen molar-refractivity contribution in [2.75, 3.05) is 0 Å². The molecule has 74 valence electrons. The van der Waals surface area contributed by atoms with Gasteiger partial charge in [-0.3, -0.25) is 11.3 Å². The molecule has 14 heavy (non-hydrogen) atoms. The van der Waals surface area contributed by atoms with E-state index in [9.17, 15) is 0 Å². The zero-order valence-electron chi connectivity index (χ0n) is 8.46. The highest BCUT2D eigenvalue weighted by atomic mass is 15.2. The van der Waals surface area contributed by atoms with Crippen LogP contribution in [-0.4, -0.2) is 0 Å². The van der Waals surface area contributed by atoms with E-state index in [-0.39, 0.29) is 6.04 Å². The smallest absolute Gasteiger partial charge is 0.0569 e. The summed E-state index contributed by atoms with van der Waals surface area (Å²) in [6, 6.07) is 8.42. The summed E-state index contributed by atoms with van der Waals surface area (Å²) in [5.74, 6) is 8.02. The summed E-state index contributed by atoms with van der Waals surface area (Å²) in [4.78, 5) is 0. The van der Waals surface area contributed by atoms with Crippen LogP contribution in [-0.2, 0) is 6.42 Å². The van der Waals surface area contributed by atoms with Crippen LogP contribution in [0.25, 0.3) is 0 Å². The first-order valence-corrected chi connectivity index (χ1v) is 4.80. The zero-order chi connectivity index (χ0) is 10.4. The lowest BCUT2D eigenvalue weighted by molar-refractivity contribution is 0.568. The van der Waals surface area contributed by atoms with Gasteiger partial charge in [-0.15, -0.1) is 12.3 Å². The lowest BCUT2D eigenvalue weighted by Gasteiger charge is -2.13. The molecule has 1 unspecified atom stereocenters. The van der Waals surface area contributed by atoms with Gasteiger partial charge in [0, 0.05) is 6.42 Å². The van der Waals surface area contributed by atoms with Gasteiger partial charge >= 0.3 is 0 Å². The van der Waals surface area contributed by atoms with Crippen LogP contribution in [0.5, 0.6) is 0 Å². The van der Waals surface area contributed by atoms with Crippen molar-refractivity contribution in [2.24, 2.45) is 5.84 Å². The molecular formula is C12H16N2. The number of aryl methyl sites for hydroxylation is 1. The highest BCUT2D eigenvalue weighted by molar-refractivity contribution is 5.25. The summed E-state index contributed by atoms with van der Waals surface area (Å²) in [5.41, 5.74) is 5.18. The standard InChI is InChI=1S/C12H16N2/c1-3-5-12(14-13)11-8-6-10(4-2)7-9-11/h1,6-9,12,14H,4-5,13H2,2H3. The minimum absolute atomic E-state index is 0.0610. The second kappa shape index (κ2) is 5.43. The van der Waals surface area contributed by atoms with Gasteiger partial charge in [0.25, 0.3) is 0 Å². The molecule has 1 atom stereocenters. The molecule has 3 N–H and O–H groups in total. The lowest BCUT2D eigenvalue weighted by Crippen LogP contribution is -2.27. The molecule has 0 amide bonds. The summed E-state index contributed by atoms with van der Waals surface area (Å²) in [5, 5.41) is 0. The van der Waals surface area contributed by atoms with Crippen LogP contribution < -0.4 is 11.3 Å². The van der Waals surface area contributed by atoms with Crippen LogP contribution in [0.1, 0.15) is 30.5 Å². The molecular weight excluding hydrogens is 172 g/mol. The molecule has 0 aliphatic rings. The monoisotopic (exact) mass is 188 g/mol. The van der Waals surface area contributed by atoms with Crippen molar-refractivity contribution < 1.29 is 0 Å². The minimum Gasteiger partial charge on any atom is -0.271 e. The Bertz CT molecular complexity index is 308. The van der Waals surface area contributed by atoms with E-state index in [1.54, 1.807) is 0 Å². The molecule has 0 spiro atoms. The van der Waals surface area contributed by atoms with Gasteiger partial charge in [-0.05, 0) is 17.5 Å². The highest BCUT2D eigenvalue weighted by Gasteiger charge is 2.06.